The molecule has 4 heteroatoms. The summed E-state index contributed by atoms with van der Waals surface area (Å²) in [6.07, 6.45) is 0. The molecule has 2 nitrogen and oxygen atoms in total. The lowest BCUT2D eigenvalue weighted by Crippen LogP contribution is -2.28. The number of nitrogens with one attached hydrogen (secondary N) is 1. The first-order valence-electron chi connectivity index (χ1n) is 4.57. The van der Waals surface area contributed by atoms with Gasteiger partial charge in [0.25, 0.3) is 5.91 Å². The number of halogens is 2. The Morgan fingerprint density at radius 2 is 2.07 bits per heavy atom. The van der Waals surface area contributed by atoms with Crippen molar-refractivity contribution in [2.24, 2.45) is 0 Å². The van der Waals surface area contributed by atoms with E-state index >= 15 is 0 Å². The third-order valence-electron chi connectivity index (χ3n) is 2.03. The maximum absolute atomic E-state index is 11.6. The van der Waals surface area contributed by atoms with Crippen LogP contribution in [-0.4, -0.2) is 9.69 Å². The molecule has 15 heavy (non-hydrogen) atoms. The second-order valence-electron chi connectivity index (χ2n) is 3.66. The average Bonchev–Trinajstić information content (AvgIpc) is 2.08. The summed E-state index contributed by atoms with van der Waals surface area (Å²) in [7, 11) is 0. The first-order chi connectivity index (χ1) is 6.80. The molecule has 0 saturated heterocycles. The Kier molecular flexibility index (Phi) is 3.79. The average molecular weight is 291 g/mol. The lowest BCUT2D eigenvalue weighted by atomic mass is 10.1. The highest BCUT2D eigenvalue weighted by atomic mass is 79.9. The lowest BCUT2D eigenvalue weighted by molar-refractivity contribution is -0.116. The number of hydrogen-bond acceptors (Lipinski definition) is 1. The molecule has 0 fully saturated rings. The third kappa shape index (κ3) is 3.50. The van der Waals surface area contributed by atoms with E-state index in [0.29, 0.717) is 0 Å². The van der Waals surface area contributed by atoms with Crippen molar-refractivity contribution < 1.29 is 4.79 Å². The van der Waals surface area contributed by atoms with Crippen molar-refractivity contribution in [3.63, 3.8) is 0 Å². The minimum absolute atomic E-state index is 0.267. The van der Waals surface area contributed by atoms with E-state index in [9.17, 15) is 4.79 Å². The number of anilines is 1. The second-order valence-corrected chi connectivity index (χ2v) is 6.46. The van der Waals surface area contributed by atoms with Crippen LogP contribution in [0.3, 0.4) is 0 Å². The summed E-state index contributed by atoms with van der Waals surface area (Å²) in [4.78, 5) is 11.6. The number of carbonyl (C=O) groups excluding carboxylic acids is 1. The molecule has 0 aliphatic rings. The molecule has 0 heterocycles. The van der Waals surface area contributed by atoms with Crippen LogP contribution in [0.2, 0.25) is 0 Å². The summed E-state index contributed by atoms with van der Waals surface area (Å²) in [5.74, 6) is -0.267. The number of amides is 1. The first kappa shape index (κ1) is 12.5. The first-order valence-corrected chi connectivity index (χ1v) is 5.74. The molecule has 0 radical (unpaired) electrons. The molecular weight excluding hydrogens is 277 g/mol. The van der Waals surface area contributed by atoms with E-state index in [0.717, 1.165) is 16.8 Å². The maximum Gasteiger partial charge on any atom is 0.256 e. The zero-order chi connectivity index (χ0) is 11.6. The van der Waals surface area contributed by atoms with Crippen LogP contribution >= 0.6 is 27.5 Å². The SMILES string of the molecule is Cc1ccc(NC(=O)C(C)(Cl)Br)c(C)c1. The van der Waals surface area contributed by atoms with Gasteiger partial charge in [0, 0.05) is 5.69 Å². The molecule has 1 rings (SSSR count). The minimum atomic E-state index is -1.07. The normalized spacial score (nSPS) is 14.5. The number of hydrogen-bond donors (Lipinski definition) is 1. The Balaban J connectivity index is 2.87. The van der Waals surface area contributed by atoms with Crippen LogP contribution in [-0.2, 0) is 4.79 Å². The molecule has 0 aliphatic carbocycles. The zero-order valence-electron chi connectivity index (χ0n) is 8.90. The van der Waals surface area contributed by atoms with Crippen LogP contribution in [0.1, 0.15) is 18.1 Å². The Labute approximate surface area is 103 Å². The topological polar surface area (TPSA) is 29.1 Å². The fraction of sp³-hybridized carbons (Fsp3) is 0.364. The van der Waals surface area contributed by atoms with E-state index < -0.39 is 3.78 Å². The summed E-state index contributed by atoms with van der Waals surface area (Å²) in [6.45, 7) is 5.55. The van der Waals surface area contributed by atoms with Gasteiger partial charge in [0.1, 0.15) is 0 Å². The monoisotopic (exact) mass is 289 g/mol. The Bertz CT molecular complexity index is 385. The van der Waals surface area contributed by atoms with E-state index in [4.69, 9.17) is 11.6 Å². The van der Waals surface area contributed by atoms with Gasteiger partial charge in [0.2, 0.25) is 0 Å². The molecule has 1 amide bonds. The molecule has 0 spiro atoms. The Hall–Kier alpha value is -0.540. The van der Waals surface area contributed by atoms with Gasteiger partial charge in [-0.05, 0) is 32.4 Å². The van der Waals surface area contributed by atoms with Crippen molar-refractivity contribution in [2.45, 2.75) is 24.6 Å². The quantitative estimate of drug-likeness (QED) is 0.829. The molecule has 0 saturated carbocycles. The molecule has 1 unspecified atom stereocenters. The molecule has 0 bridgehead atoms. The predicted molar refractivity (Wildman–Crippen MR) is 67.7 cm³/mol. The van der Waals surface area contributed by atoms with Crippen molar-refractivity contribution >= 4 is 39.1 Å². The van der Waals surface area contributed by atoms with Gasteiger partial charge in [-0.3, -0.25) is 4.79 Å². The summed E-state index contributed by atoms with van der Waals surface area (Å²) in [5.41, 5.74) is 2.98. The number of carbonyl (C=O) groups is 1. The van der Waals surface area contributed by atoms with E-state index in [1.807, 2.05) is 32.0 Å². The second kappa shape index (κ2) is 4.54. The van der Waals surface area contributed by atoms with E-state index in [1.54, 1.807) is 6.92 Å². The van der Waals surface area contributed by atoms with Gasteiger partial charge in [-0.15, -0.1) is 0 Å². The highest BCUT2D eigenvalue weighted by Crippen LogP contribution is 2.25. The Morgan fingerprint density at radius 3 is 2.53 bits per heavy atom. The number of aryl methyl sites for hydroxylation is 2. The van der Waals surface area contributed by atoms with Crippen molar-refractivity contribution in [1.29, 1.82) is 0 Å². The molecular formula is C11H13BrClNO. The highest BCUT2D eigenvalue weighted by Gasteiger charge is 2.26. The largest absolute Gasteiger partial charge is 0.324 e. The standard InChI is InChI=1S/C11H13BrClNO/c1-7-4-5-9(8(2)6-7)14-10(15)11(3,12)13/h4-6H,1-3H3,(H,14,15). The van der Waals surface area contributed by atoms with E-state index in [2.05, 4.69) is 21.2 Å². The lowest BCUT2D eigenvalue weighted by Gasteiger charge is -2.15. The van der Waals surface area contributed by atoms with Gasteiger partial charge in [-0.25, -0.2) is 0 Å². The summed E-state index contributed by atoms with van der Waals surface area (Å²) >= 11 is 8.92. The zero-order valence-corrected chi connectivity index (χ0v) is 11.2. The number of rotatable bonds is 2. The maximum atomic E-state index is 11.6. The van der Waals surface area contributed by atoms with Crippen molar-refractivity contribution in [3.8, 4) is 0 Å². The Morgan fingerprint density at radius 1 is 1.47 bits per heavy atom. The predicted octanol–water partition coefficient (Wildman–Crippen LogP) is 3.59. The molecule has 0 aliphatic heterocycles. The van der Waals surface area contributed by atoms with E-state index in [-0.39, 0.29) is 5.91 Å². The van der Waals surface area contributed by atoms with Crippen molar-refractivity contribution in [2.75, 3.05) is 5.32 Å². The smallest absolute Gasteiger partial charge is 0.256 e. The molecule has 1 atom stereocenters. The van der Waals surface area contributed by atoms with Gasteiger partial charge in [0.15, 0.2) is 3.78 Å². The fourth-order valence-electron chi connectivity index (χ4n) is 1.19. The number of benzene rings is 1. The third-order valence-corrected chi connectivity index (χ3v) is 2.56. The van der Waals surface area contributed by atoms with Crippen LogP contribution in [0.25, 0.3) is 0 Å². The van der Waals surface area contributed by atoms with Crippen LogP contribution in [0.5, 0.6) is 0 Å². The highest BCUT2D eigenvalue weighted by molar-refractivity contribution is 9.10. The molecule has 82 valence electrons. The summed E-state index contributed by atoms with van der Waals surface area (Å²) < 4.78 is -1.07. The number of alkyl halides is 2. The summed E-state index contributed by atoms with van der Waals surface area (Å²) in [6, 6.07) is 5.83. The van der Waals surface area contributed by atoms with E-state index in [1.165, 1.54) is 0 Å². The van der Waals surface area contributed by atoms with Crippen molar-refractivity contribution in [1.82, 2.24) is 0 Å². The van der Waals surface area contributed by atoms with Gasteiger partial charge in [-0.2, -0.15) is 0 Å². The van der Waals surface area contributed by atoms with Crippen LogP contribution in [0, 0.1) is 13.8 Å². The molecule has 1 aromatic carbocycles. The van der Waals surface area contributed by atoms with Gasteiger partial charge in [0.05, 0.1) is 0 Å². The van der Waals surface area contributed by atoms with Crippen LogP contribution < -0.4 is 5.32 Å². The van der Waals surface area contributed by atoms with Crippen LogP contribution in [0.15, 0.2) is 18.2 Å². The molecule has 1 N–H and O–H groups in total. The van der Waals surface area contributed by atoms with Crippen molar-refractivity contribution in [3.05, 3.63) is 29.3 Å². The minimum Gasteiger partial charge on any atom is -0.324 e. The van der Waals surface area contributed by atoms with Gasteiger partial charge >= 0.3 is 0 Å². The molecule has 1 aromatic rings. The van der Waals surface area contributed by atoms with Crippen LogP contribution in [0.4, 0.5) is 5.69 Å². The molecule has 0 aromatic heterocycles. The van der Waals surface area contributed by atoms with Gasteiger partial charge in [-0.1, -0.05) is 45.2 Å². The summed E-state index contributed by atoms with van der Waals surface area (Å²) in [5, 5.41) is 2.76. The van der Waals surface area contributed by atoms with Gasteiger partial charge < -0.3 is 5.32 Å². The fourth-order valence-corrected chi connectivity index (χ4v) is 1.33.